The third kappa shape index (κ3) is 1.69. The summed E-state index contributed by atoms with van der Waals surface area (Å²) in [6.45, 7) is 6.33. The van der Waals surface area contributed by atoms with Gasteiger partial charge in [0.25, 0.3) is 0 Å². The van der Waals surface area contributed by atoms with Crippen LogP contribution in [0.5, 0.6) is 0 Å². The fourth-order valence-corrected chi connectivity index (χ4v) is 1.75. The lowest BCUT2D eigenvalue weighted by atomic mass is 10.2. The topological polar surface area (TPSA) is 43.8 Å². The van der Waals surface area contributed by atoms with Crippen molar-refractivity contribution in [2.75, 3.05) is 0 Å². The number of nitrogens with zero attached hydrogens (tertiary/aromatic N) is 2. The first-order valence-corrected chi connectivity index (χ1v) is 5.44. The summed E-state index contributed by atoms with van der Waals surface area (Å²) in [7, 11) is 0. The van der Waals surface area contributed by atoms with Crippen LogP contribution in [0.3, 0.4) is 0 Å². The molecule has 14 heavy (non-hydrogen) atoms. The number of rotatable bonds is 3. The van der Waals surface area contributed by atoms with Gasteiger partial charge in [-0.1, -0.05) is 0 Å². The Morgan fingerprint density at radius 3 is 2.50 bits per heavy atom. The Kier molecular flexibility index (Phi) is 2.35. The number of aromatic nitrogens is 2. The zero-order chi connectivity index (χ0) is 10.3. The molecule has 1 fully saturated rings. The van der Waals surface area contributed by atoms with Gasteiger partial charge in [-0.15, -0.1) is 0 Å². The molecule has 3 nitrogen and oxygen atoms in total. The van der Waals surface area contributed by atoms with Crippen LogP contribution >= 0.6 is 0 Å². The monoisotopic (exact) mass is 193 g/mol. The number of hydrogen-bond donors (Lipinski definition) is 1. The highest BCUT2D eigenvalue weighted by Gasteiger charge is 2.29. The summed E-state index contributed by atoms with van der Waals surface area (Å²) in [5, 5.41) is 4.56. The van der Waals surface area contributed by atoms with E-state index in [0.29, 0.717) is 6.04 Å². The first-order chi connectivity index (χ1) is 6.59. The molecule has 0 saturated heterocycles. The third-order valence-electron chi connectivity index (χ3n) is 2.73. The summed E-state index contributed by atoms with van der Waals surface area (Å²) in [6, 6.07) is 2.67. The Morgan fingerprint density at radius 1 is 1.43 bits per heavy atom. The number of nitrogens with two attached hydrogens (primary N) is 1. The van der Waals surface area contributed by atoms with Gasteiger partial charge in [0.1, 0.15) is 0 Å². The maximum atomic E-state index is 5.84. The van der Waals surface area contributed by atoms with E-state index in [-0.39, 0.29) is 6.04 Å². The lowest BCUT2D eigenvalue weighted by Gasteiger charge is -2.09. The van der Waals surface area contributed by atoms with Crippen LogP contribution in [0.1, 0.15) is 63.0 Å². The zero-order valence-electron chi connectivity index (χ0n) is 9.20. The van der Waals surface area contributed by atoms with E-state index < -0.39 is 0 Å². The van der Waals surface area contributed by atoms with Crippen molar-refractivity contribution < 1.29 is 0 Å². The van der Waals surface area contributed by atoms with E-state index in [9.17, 15) is 0 Å². The first-order valence-electron chi connectivity index (χ1n) is 5.44. The highest BCUT2D eigenvalue weighted by molar-refractivity contribution is 5.21. The van der Waals surface area contributed by atoms with Gasteiger partial charge >= 0.3 is 0 Å². The normalized spacial score (nSPS) is 18.9. The van der Waals surface area contributed by atoms with Crippen LogP contribution in [0.25, 0.3) is 0 Å². The summed E-state index contributed by atoms with van der Waals surface area (Å²) in [5.41, 5.74) is 8.25. The molecule has 1 aromatic heterocycles. The predicted octanol–water partition coefficient (Wildman–Crippen LogP) is 2.36. The van der Waals surface area contributed by atoms with E-state index in [4.69, 9.17) is 5.73 Å². The summed E-state index contributed by atoms with van der Waals surface area (Å²) in [6.07, 6.45) is 2.63. The molecule has 0 spiro atoms. The average Bonchev–Trinajstić information content (AvgIpc) is 2.83. The minimum absolute atomic E-state index is 0.0486. The van der Waals surface area contributed by atoms with Gasteiger partial charge < -0.3 is 5.73 Å². The molecule has 2 rings (SSSR count). The van der Waals surface area contributed by atoms with Crippen LogP contribution in [-0.2, 0) is 0 Å². The Hall–Kier alpha value is -0.830. The molecule has 1 atom stereocenters. The lowest BCUT2D eigenvalue weighted by molar-refractivity contribution is 0.501. The molecule has 1 aliphatic rings. The van der Waals surface area contributed by atoms with Gasteiger partial charge in [0.05, 0.1) is 5.69 Å². The minimum Gasteiger partial charge on any atom is -0.323 e. The van der Waals surface area contributed by atoms with Gasteiger partial charge in [0, 0.05) is 23.7 Å². The maximum absolute atomic E-state index is 5.84. The Morgan fingerprint density at radius 2 is 2.07 bits per heavy atom. The van der Waals surface area contributed by atoms with Crippen molar-refractivity contribution >= 4 is 0 Å². The number of hydrogen-bond acceptors (Lipinski definition) is 2. The Balaban J connectivity index is 2.35. The van der Waals surface area contributed by atoms with E-state index in [0.717, 1.165) is 11.6 Å². The quantitative estimate of drug-likeness (QED) is 0.800. The molecular formula is C11H19N3. The highest BCUT2D eigenvalue weighted by Crippen LogP contribution is 2.41. The Labute approximate surface area is 85.3 Å². The maximum Gasteiger partial charge on any atom is 0.0792 e. The van der Waals surface area contributed by atoms with Crippen LogP contribution in [0, 0.1) is 0 Å². The van der Waals surface area contributed by atoms with E-state index in [1.165, 1.54) is 18.5 Å². The highest BCUT2D eigenvalue weighted by atomic mass is 15.3. The van der Waals surface area contributed by atoms with Crippen molar-refractivity contribution in [3.63, 3.8) is 0 Å². The van der Waals surface area contributed by atoms with Crippen molar-refractivity contribution in [3.05, 3.63) is 17.5 Å². The van der Waals surface area contributed by atoms with E-state index in [1.807, 2.05) is 6.92 Å². The molecular weight excluding hydrogens is 174 g/mol. The van der Waals surface area contributed by atoms with Crippen LogP contribution < -0.4 is 5.73 Å². The van der Waals surface area contributed by atoms with Crippen molar-refractivity contribution in [1.29, 1.82) is 0 Å². The second-order valence-corrected chi connectivity index (χ2v) is 4.60. The lowest BCUT2D eigenvalue weighted by Crippen LogP contribution is -2.09. The summed E-state index contributed by atoms with van der Waals surface area (Å²) in [4.78, 5) is 0. The van der Waals surface area contributed by atoms with Gasteiger partial charge in [-0.25, -0.2) is 0 Å². The van der Waals surface area contributed by atoms with Crippen molar-refractivity contribution in [1.82, 2.24) is 9.78 Å². The van der Waals surface area contributed by atoms with Crippen molar-refractivity contribution in [3.8, 4) is 0 Å². The summed E-state index contributed by atoms with van der Waals surface area (Å²) >= 11 is 0. The molecule has 78 valence electrons. The minimum atomic E-state index is 0.0486. The second kappa shape index (κ2) is 3.39. The van der Waals surface area contributed by atoms with Crippen LogP contribution in [0.15, 0.2) is 6.07 Å². The molecule has 1 unspecified atom stereocenters. The van der Waals surface area contributed by atoms with Crippen LogP contribution in [0.2, 0.25) is 0 Å². The van der Waals surface area contributed by atoms with Gasteiger partial charge in [-0.2, -0.15) is 5.10 Å². The molecule has 0 aromatic carbocycles. The van der Waals surface area contributed by atoms with E-state index in [2.05, 4.69) is 29.7 Å². The smallest absolute Gasteiger partial charge is 0.0792 e. The Bertz CT molecular complexity index is 302. The van der Waals surface area contributed by atoms with Crippen LogP contribution in [-0.4, -0.2) is 9.78 Å². The molecule has 3 heteroatoms. The molecule has 0 bridgehead atoms. The molecule has 1 heterocycles. The largest absolute Gasteiger partial charge is 0.323 e. The van der Waals surface area contributed by atoms with Gasteiger partial charge in [-0.05, 0) is 39.7 Å². The first kappa shape index (κ1) is 9.71. The fourth-order valence-electron chi connectivity index (χ4n) is 1.75. The van der Waals surface area contributed by atoms with Gasteiger partial charge in [0.2, 0.25) is 0 Å². The second-order valence-electron chi connectivity index (χ2n) is 4.60. The van der Waals surface area contributed by atoms with Gasteiger partial charge in [0.15, 0.2) is 0 Å². The van der Waals surface area contributed by atoms with Crippen molar-refractivity contribution in [2.24, 2.45) is 5.73 Å². The average molecular weight is 193 g/mol. The molecule has 1 aromatic rings. The summed E-state index contributed by atoms with van der Waals surface area (Å²) < 4.78 is 2.14. The van der Waals surface area contributed by atoms with Crippen LogP contribution in [0.4, 0.5) is 0 Å². The molecule has 0 aliphatic heterocycles. The third-order valence-corrected chi connectivity index (χ3v) is 2.73. The molecule has 1 saturated carbocycles. The summed E-state index contributed by atoms with van der Waals surface area (Å²) in [5.74, 6) is 0.748. The molecule has 1 aliphatic carbocycles. The zero-order valence-corrected chi connectivity index (χ0v) is 9.20. The van der Waals surface area contributed by atoms with E-state index >= 15 is 0 Å². The standard InChI is InChI=1S/C11H19N3/c1-7(2)14-11(9-4-5-9)6-10(13-14)8(3)12/h6-9H,4-5,12H2,1-3H3. The predicted molar refractivity (Wildman–Crippen MR) is 57.2 cm³/mol. The fraction of sp³-hybridized carbons (Fsp3) is 0.727. The van der Waals surface area contributed by atoms with E-state index in [1.54, 1.807) is 0 Å². The SMILES string of the molecule is CC(N)c1cc(C2CC2)n(C(C)C)n1. The molecule has 0 radical (unpaired) electrons. The molecule has 2 N–H and O–H groups in total. The van der Waals surface area contributed by atoms with Crippen molar-refractivity contribution in [2.45, 2.75) is 51.6 Å². The van der Waals surface area contributed by atoms with Gasteiger partial charge in [-0.3, -0.25) is 4.68 Å². The molecule has 0 amide bonds.